The maximum absolute atomic E-state index is 11.9. The fourth-order valence-corrected chi connectivity index (χ4v) is 1.37. The van der Waals surface area contributed by atoms with Crippen LogP contribution >= 0.6 is 11.6 Å². The fourth-order valence-electron chi connectivity index (χ4n) is 1.24. The second kappa shape index (κ2) is 6.13. The molecular formula is C11H11ClN2O4. The van der Waals surface area contributed by atoms with Crippen molar-refractivity contribution in [3.63, 3.8) is 0 Å². The van der Waals surface area contributed by atoms with Crippen molar-refractivity contribution >= 4 is 29.3 Å². The lowest BCUT2D eigenvalue weighted by atomic mass is 10.0. The molecule has 1 aromatic rings. The van der Waals surface area contributed by atoms with Crippen molar-refractivity contribution in [3.8, 4) is 0 Å². The summed E-state index contributed by atoms with van der Waals surface area (Å²) in [5.41, 5.74) is 5.19. The number of carbonyl (C=O) groups is 3. The molecule has 0 aliphatic heterocycles. The Balaban J connectivity index is 2.92. The Morgan fingerprint density at radius 1 is 1.28 bits per heavy atom. The number of ketones is 1. The SMILES string of the molecule is NCC(=O)N[C@H](C(=O)O)C(=O)c1ccc(Cl)cc1. The molecule has 0 aliphatic rings. The molecule has 0 aliphatic carbocycles. The lowest BCUT2D eigenvalue weighted by molar-refractivity contribution is -0.140. The summed E-state index contributed by atoms with van der Waals surface area (Å²) in [6.07, 6.45) is 0. The van der Waals surface area contributed by atoms with Crippen molar-refractivity contribution in [2.24, 2.45) is 5.73 Å². The average Bonchev–Trinajstić information content (AvgIpc) is 2.35. The predicted octanol–water partition coefficient (Wildman–Crippen LogP) is 0.0508. The summed E-state index contributed by atoms with van der Waals surface area (Å²) in [6, 6.07) is 4.03. The molecule has 0 saturated carbocycles. The number of rotatable bonds is 5. The van der Waals surface area contributed by atoms with Gasteiger partial charge in [-0.1, -0.05) is 11.6 Å². The smallest absolute Gasteiger partial charge is 0.334 e. The molecule has 0 saturated heterocycles. The molecule has 18 heavy (non-hydrogen) atoms. The van der Waals surface area contributed by atoms with E-state index in [1.54, 1.807) is 0 Å². The molecule has 0 aromatic heterocycles. The van der Waals surface area contributed by atoms with Gasteiger partial charge in [-0.15, -0.1) is 0 Å². The lowest BCUT2D eigenvalue weighted by Gasteiger charge is -2.12. The lowest BCUT2D eigenvalue weighted by Crippen LogP contribution is -2.48. The van der Waals surface area contributed by atoms with E-state index in [1.807, 2.05) is 5.32 Å². The van der Waals surface area contributed by atoms with Crippen molar-refractivity contribution in [1.29, 1.82) is 0 Å². The third-order valence-electron chi connectivity index (χ3n) is 2.13. The van der Waals surface area contributed by atoms with Crippen molar-refractivity contribution in [2.45, 2.75) is 6.04 Å². The van der Waals surface area contributed by atoms with Crippen LogP contribution < -0.4 is 11.1 Å². The third kappa shape index (κ3) is 3.54. The summed E-state index contributed by atoms with van der Waals surface area (Å²) >= 11 is 5.65. The molecule has 7 heteroatoms. The van der Waals surface area contributed by atoms with Gasteiger partial charge in [0.05, 0.1) is 6.54 Å². The van der Waals surface area contributed by atoms with Crippen LogP contribution in [0, 0.1) is 0 Å². The van der Waals surface area contributed by atoms with Gasteiger partial charge in [0.2, 0.25) is 5.91 Å². The van der Waals surface area contributed by atoms with E-state index in [-0.39, 0.29) is 5.56 Å². The number of carbonyl (C=O) groups excluding carboxylic acids is 2. The monoisotopic (exact) mass is 270 g/mol. The molecule has 0 fully saturated rings. The van der Waals surface area contributed by atoms with Crippen LogP contribution in [-0.2, 0) is 9.59 Å². The Hall–Kier alpha value is -1.92. The fraction of sp³-hybridized carbons (Fsp3) is 0.182. The van der Waals surface area contributed by atoms with E-state index in [1.165, 1.54) is 24.3 Å². The van der Waals surface area contributed by atoms with Gasteiger partial charge in [0.25, 0.3) is 0 Å². The number of halogens is 1. The second-order valence-electron chi connectivity index (χ2n) is 3.41. The van der Waals surface area contributed by atoms with Gasteiger partial charge < -0.3 is 16.2 Å². The Morgan fingerprint density at radius 3 is 2.28 bits per heavy atom. The number of amides is 1. The van der Waals surface area contributed by atoms with Gasteiger partial charge >= 0.3 is 5.97 Å². The van der Waals surface area contributed by atoms with Crippen molar-refractivity contribution in [1.82, 2.24) is 5.32 Å². The molecule has 4 N–H and O–H groups in total. The van der Waals surface area contributed by atoms with Crippen LogP contribution in [0.1, 0.15) is 10.4 Å². The first-order valence-corrected chi connectivity index (χ1v) is 5.35. The van der Waals surface area contributed by atoms with Crippen LogP contribution in [0.3, 0.4) is 0 Å². The highest BCUT2D eigenvalue weighted by atomic mass is 35.5. The molecule has 1 atom stereocenters. The van der Waals surface area contributed by atoms with E-state index in [0.717, 1.165) is 0 Å². The molecule has 0 spiro atoms. The first-order chi connectivity index (χ1) is 8.45. The van der Waals surface area contributed by atoms with Crippen LogP contribution in [-0.4, -0.2) is 35.4 Å². The Labute approximate surface area is 108 Å². The zero-order chi connectivity index (χ0) is 13.7. The van der Waals surface area contributed by atoms with Gasteiger partial charge in [0, 0.05) is 10.6 Å². The number of nitrogens with one attached hydrogen (secondary N) is 1. The summed E-state index contributed by atoms with van der Waals surface area (Å²) in [4.78, 5) is 33.8. The summed E-state index contributed by atoms with van der Waals surface area (Å²) in [5, 5.41) is 11.4. The van der Waals surface area contributed by atoms with Gasteiger partial charge in [-0.2, -0.15) is 0 Å². The van der Waals surface area contributed by atoms with Crippen LogP contribution in [0.2, 0.25) is 5.02 Å². The number of Topliss-reactive ketones (excluding diaryl/α,β-unsaturated/α-hetero) is 1. The maximum Gasteiger partial charge on any atom is 0.334 e. The highest BCUT2D eigenvalue weighted by Crippen LogP contribution is 2.11. The molecule has 0 radical (unpaired) electrons. The zero-order valence-electron chi connectivity index (χ0n) is 9.22. The van der Waals surface area contributed by atoms with Crippen molar-refractivity contribution in [3.05, 3.63) is 34.9 Å². The molecule has 1 rings (SSSR count). The third-order valence-corrected chi connectivity index (χ3v) is 2.38. The largest absolute Gasteiger partial charge is 0.479 e. The first-order valence-electron chi connectivity index (χ1n) is 4.97. The predicted molar refractivity (Wildman–Crippen MR) is 64.4 cm³/mol. The topological polar surface area (TPSA) is 109 Å². The van der Waals surface area contributed by atoms with Crippen LogP contribution in [0.25, 0.3) is 0 Å². The standard InChI is InChI=1S/C11H11ClN2O4/c12-7-3-1-6(2-4-7)10(16)9(11(17)18)14-8(15)5-13/h1-4,9H,5,13H2,(H,14,15)(H,17,18)/t9-/m0/s1. The zero-order valence-corrected chi connectivity index (χ0v) is 9.98. The van der Waals surface area contributed by atoms with Gasteiger partial charge in [-0.25, -0.2) is 4.79 Å². The minimum atomic E-state index is -1.65. The molecule has 0 heterocycles. The number of aliphatic carboxylic acids is 1. The summed E-state index contributed by atoms with van der Waals surface area (Å²) in [6.45, 7) is -0.391. The van der Waals surface area contributed by atoms with Crippen LogP contribution in [0.15, 0.2) is 24.3 Å². The van der Waals surface area contributed by atoms with Crippen LogP contribution in [0.4, 0.5) is 0 Å². The normalized spacial score (nSPS) is 11.7. The molecule has 96 valence electrons. The second-order valence-corrected chi connectivity index (χ2v) is 3.85. The highest BCUT2D eigenvalue weighted by molar-refractivity contribution is 6.30. The molecule has 1 aromatic carbocycles. The molecule has 6 nitrogen and oxygen atoms in total. The Morgan fingerprint density at radius 2 is 1.83 bits per heavy atom. The number of carboxylic acids is 1. The molecular weight excluding hydrogens is 260 g/mol. The minimum absolute atomic E-state index is 0.143. The Bertz CT molecular complexity index is 472. The number of hydrogen-bond donors (Lipinski definition) is 3. The van der Waals surface area contributed by atoms with Gasteiger partial charge in [0.15, 0.2) is 11.8 Å². The molecule has 1 amide bonds. The molecule has 0 bridgehead atoms. The number of carboxylic acid groups (broad SMARTS) is 1. The quantitative estimate of drug-likeness (QED) is 0.517. The van der Waals surface area contributed by atoms with Crippen LogP contribution in [0.5, 0.6) is 0 Å². The summed E-state index contributed by atoms with van der Waals surface area (Å²) in [5.74, 6) is -2.90. The summed E-state index contributed by atoms with van der Waals surface area (Å²) in [7, 11) is 0. The van der Waals surface area contributed by atoms with Crippen molar-refractivity contribution < 1.29 is 19.5 Å². The van der Waals surface area contributed by atoms with E-state index in [2.05, 4.69) is 0 Å². The minimum Gasteiger partial charge on any atom is -0.479 e. The maximum atomic E-state index is 11.9. The van der Waals surface area contributed by atoms with Gasteiger partial charge in [-0.05, 0) is 24.3 Å². The van der Waals surface area contributed by atoms with Crippen molar-refractivity contribution in [2.75, 3.05) is 6.54 Å². The van der Waals surface area contributed by atoms with Gasteiger partial charge in [-0.3, -0.25) is 9.59 Å². The first kappa shape index (κ1) is 14.1. The Kier molecular flexibility index (Phi) is 4.82. The van der Waals surface area contributed by atoms with E-state index in [4.69, 9.17) is 22.4 Å². The highest BCUT2D eigenvalue weighted by Gasteiger charge is 2.28. The number of benzene rings is 1. The number of hydrogen-bond acceptors (Lipinski definition) is 4. The van der Waals surface area contributed by atoms with E-state index >= 15 is 0 Å². The molecule has 0 unspecified atom stereocenters. The van der Waals surface area contributed by atoms with E-state index in [0.29, 0.717) is 5.02 Å². The van der Waals surface area contributed by atoms with E-state index in [9.17, 15) is 14.4 Å². The number of nitrogens with two attached hydrogens (primary N) is 1. The summed E-state index contributed by atoms with van der Waals surface area (Å²) < 4.78 is 0. The van der Waals surface area contributed by atoms with E-state index < -0.39 is 30.2 Å². The van der Waals surface area contributed by atoms with Gasteiger partial charge in [0.1, 0.15) is 0 Å². The average molecular weight is 271 g/mol.